The van der Waals surface area contributed by atoms with Crippen LogP contribution in [0.4, 0.5) is 5.82 Å². The van der Waals surface area contributed by atoms with E-state index in [9.17, 15) is 4.79 Å². The fraction of sp³-hybridized carbons (Fsp3) is 0.185. The first-order chi connectivity index (χ1) is 16.5. The van der Waals surface area contributed by atoms with Gasteiger partial charge in [-0.05, 0) is 77.6 Å². The molecule has 34 heavy (non-hydrogen) atoms. The first kappa shape index (κ1) is 20.5. The standard InChI is InChI=1S/C27H23N5O2/c1-14-10-23(28)32-15(2)22(14)13-31-27(33)17-5-7-19-21(12-17)25-18-6-4-16(11-20(18)24(19)34-25)26-29-8-3-9-30-26/h3-12,24-25H,13H2,1-2H3,(H2,28,32)(H,31,33). The fourth-order valence-corrected chi connectivity index (χ4v) is 5.00. The molecule has 168 valence electrons. The Morgan fingerprint density at radius 2 is 1.68 bits per heavy atom. The summed E-state index contributed by atoms with van der Waals surface area (Å²) in [5.74, 6) is 1.06. The second kappa shape index (κ2) is 7.74. The number of fused-ring (bicyclic) bond motifs is 8. The zero-order chi connectivity index (χ0) is 23.4. The molecule has 0 saturated heterocycles. The molecule has 2 aromatic carbocycles. The lowest BCUT2D eigenvalue weighted by atomic mass is 9.84. The fourth-order valence-electron chi connectivity index (χ4n) is 5.00. The minimum Gasteiger partial charge on any atom is -0.384 e. The lowest BCUT2D eigenvalue weighted by Gasteiger charge is -2.17. The Labute approximate surface area is 197 Å². The third kappa shape index (κ3) is 3.24. The predicted octanol–water partition coefficient (Wildman–Crippen LogP) is 4.19. The number of nitrogen functional groups attached to an aromatic ring is 1. The van der Waals surface area contributed by atoms with Gasteiger partial charge in [-0.2, -0.15) is 0 Å². The van der Waals surface area contributed by atoms with Gasteiger partial charge in [0, 0.05) is 35.8 Å². The van der Waals surface area contributed by atoms with E-state index in [1.54, 1.807) is 18.5 Å². The second-order valence-electron chi connectivity index (χ2n) is 8.77. The highest BCUT2D eigenvalue weighted by molar-refractivity contribution is 5.94. The molecule has 1 amide bonds. The van der Waals surface area contributed by atoms with Crippen LogP contribution in [0.2, 0.25) is 0 Å². The number of nitrogens with zero attached hydrogens (tertiary/aromatic N) is 3. The summed E-state index contributed by atoms with van der Waals surface area (Å²) in [5, 5.41) is 3.02. The normalized spacial score (nSPS) is 17.4. The molecule has 2 aliphatic heterocycles. The van der Waals surface area contributed by atoms with Gasteiger partial charge in [0.1, 0.15) is 18.0 Å². The van der Waals surface area contributed by atoms with Crippen molar-refractivity contribution in [1.29, 1.82) is 0 Å². The Hall–Kier alpha value is -4.10. The van der Waals surface area contributed by atoms with Gasteiger partial charge in [-0.1, -0.05) is 18.2 Å². The van der Waals surface area contributed by atoms with Gasteiger partial charge in [0.25, 0.3) is 5.91 Å². The molecule has 7 heteroatoms. The SMILES string of the molecule is Cc1cc(N)nc(C)c1CNC(=O)c1ccc2c(c1)C1OC2c2cc(-c3ncccn3)ccc21. The molecule has 0 fully saturated rings. The number of benzene rings is 2. The molecule has 2 aliphatic rings. The van der Waals surface area contributed by atoms with Crippen molar-refractivity contribution in [2.45, 2.75) is 32.6 Å². The highest BCUT2D eigenvalue weighted by atomic mass is 16.5. The van der Waals surface area contributed by atoms with Crippen LogP contribution in [0.3, 0.4) is 0 Å². The molecule has 7 nitrogen and oxygen atoms in total. The Morgan fingerprint density at radius 1 is 0.971 bits per heavy atom. The van der Waals surface area contributed by atoms with Crippen molar-refractivity contribution in [3.8, 4) is 11.4 Å². The monoisotopic (exact) mass is 449 g/mol. The summed E-state index contributed by atoms with van der Waals surface area (Å²) in [6.07, 6.45) is 3.18. The number of carbonyl (C=O) groups excluding carboxylic acids is 1. The molecule has 2 atom stereocenters. The second-order valence-corrected chi connectivity index (χ2v) is 8.77. The summed E-state index contributed by atoms with van der Waals surface area (Å²) >= 11 is 0. The van der Waals surface area contributed by atoms with E-state index < -0.39 is 0 Å². The molecular formula is C27H23N5O2. The minimum atomic E-state index is -0.167. The first-order valence-corrected chi connectivity index (χ1v) is 11.2. The number of ether oxygens (including phenoxy) is 1. The van der Waals surface area contributed by atoms with Crippen molar-refractivity contribution in [1.82, 2.24) is 20.3 Å². The van der Waals surface area contributed by atoms with E-state index in [-0.39, 0.29) is 18.1 Å². The van der Waals surface area contributed by atoms with Gasteiger partial charge in [0.05, 0.1) is 0 Å². The molecule has 6 rings (SSSR count). The molecule has 0 radical (unpaired) electrons. The molecule has 2 bridgehead atoms. The average molecular weight is 450 g/mol. The number of nitrogens with two attached hydrogens (primary N) is 1. The number of amides is 1. The third-order valence-electron chi connectivity index (χ3n) is 6.66. The van der Waals surface area contributed by atoms with E-state index in [0.29, 0.717) is 23.8 Å². The number of pyridine rings is 1. The largest absolute Gasteiger partial charge is 0.384 e. The molecule has 2 aromatic heterocycles. The number of anilines is 1. The Balaban J connectivity index is 1.24. The van der Waals surface area contributed by atoms with Crippen molar-refractivity contribution in [3.63, 3.8) is 0 Å². The van der Waals surface area contributed by atoms with Crippen molar-refractivity contribution in [2.75, 3.05) is 5.73 Å². The molecule has 0 spiro atoms. The van der Waals surface area contributed by atoms with Crippen LogP contribution in [0, 0.1) is 13.8 Å². The average Bonchev–Trinajstić information content (AvgIpc) is 3.40. The van der Waals surface area contributed by atoms with E-state index in [0.717, 1.165) is 44.6 Å². The predicted molar refractivity (Wildman–Crippen MR) is 128 cm³/mol. The zero-order valence-electron chi connectivity index (χ0n) is 18.9. The van der Waals surface area contributed by atoms with Crippen molar-refractivity contribution in [3.05, 3.63) is 106 Å². The Kier molecular flexibility index (Phi) is 4.67. The smallest absolute Gasteiger partial charge is 0.251 e. The van der Waals surface area contributed by atoms with Crippen LogP contribution < -0.4 is 11.1 Å². The topological polar surface area (TPSA) is 103 Å². The number of hydrogen-bond donors (Lipinski definition) is 2. The number of carbonyl (C=O) groups is 1. The Bertz CT molecular complexity index is 1430. The lowest BCUT2D eigenvalue weighted by Crippen LogP contribution is -2.24. The Morgan fingerprint density at radius 3 is 2.41 bits per heavy atom. The molecule has 4 aromatic rings. The van der Waals surface area contributed by atoms with Crippen molar-refractivity contribution >= 4 is 11.7 Å². The van der Waals surface area contributed by atoms with Crippen LogP contribution in [0.25, 0.3) is 11.4 Å². The maximum atomic E-state index is 12.9. The van der Waals surface area contributed by atoms with Gasteiger partial charge in [-0.3, -0.25) is 4.79 Å². The van der Waals surface area contributed by atoms with E-state index in [2.05, 4.69) is 32.4 Å². The van der Waals surface area contributed by atoms with Gasteiger partial charge < -0.3 is 15.8 Å². The minimum absolute atomic E-state index is 0.127. The van der Waals surface area contributed by atoms with Gasteiger partial charge >= 0.3 is 0 Å². The maximum absolute atomic E-state index is 12.9. The van der Waals surface area contributed by atoms with Crippen LogP contribution in [-0.2, 0) is 11.3 Å². The molecule has 2 unspecified atom stereocenters. The van der Waals surface area contributed by atoms with Gasteiger partial charge in [0.2, 0.25) is 0 Å². The van der Waals surface area contributed by atoms with Crippen LogP contribution in [0.1, 0.15) is 61.6 Å². The molecule has 3 N–H and O–H groups in total. The van der Waals surface area contributed by atoms with Crippen LogP contribution in [-0.4, -0.2) is 20.9 Å². The summed E-state index contributed by atoms with van der Waals surface area (Å²) < 4.78 is 6.32. The lowest BCUT2D eigenvalue weighted by molar-refractivity contribution is 0.0857. The summed E-state index contributed by atoms with van der Waals surface area (Å²) in [4.78, 5) is 26.0. The highest BCUT2D eigenvalue weighted by Gasteiger charge is 2.43. The maximum Gasteiger partial charge on any atom is 0.251 e. The number of aryl methyl sites for hydroxylation is 2. The molecule has 0 aliphatic carbocycles. The number of nitrogens with one attached hydrogen (secondary N) is 1. The van der Waals surface area contributed by atoms with Gasteiger partial charge in [-0.15, -0.1) is 0 Å². The number of aromatic nitrogens is 3. The molecule has 0 saturated carbocycles. The van der Waals surface area contributed by atoms with E-state index in [4.69, 9.17) is 10.5 Å². The van der Waals surface area contributed by atoms with E-state index >= 15 is 0 Å². The highest BCUT2D eigenvalue weighted by Crippen LogP contribution is 2.54. The molecular weight excluding hydrogens is 426 g/mol. The molecule has 4 heterocycles. The summed E-state index contributed by atoms with van der Waals surface area (Å²) in [6.45, 7) is 4.28. The van der Waals surface area contributed by atoms with Crippen molar-refractivity contribution < 1.29 is 9.53 Å². The van der Waals surface area contributed by atoms with E-state index in [1.807, 2.05) is 44.2 Å². The summed E-state index contributed by atoms with van der Waals surface area (Å²) in [6, 6.07) is 15.7. The zero-order valence-corrected chi connectivity index (χ0v) is 18.9. The van der Waals surface area contributed by atoms with Crippen LogP contribution >= 0.6 is 0 Å². The van der Waals surface area contributed by atoms with E-state index in [1.165, 1.54) is 0 Å². The third-order valence-corrected chi connectivity index (χ3v) is 6.66. The van der Waals surface area contributed by atoms with Gasteiger partial charge in [0.15, 0.2) is 5.82 Å². The van der Waals surface area contributed by atoms with Crippen LogP contribution in [0.15, 0.2) is 60.9 Å². The van der Waals surface area contributed by atoms with Crippen LogP contribution in [0.5, 0.6) is 0 Å². The van der Waals surface area contributed by atoms with Crippen molar-refractivity contribution in [2.24, 2.45) is 0 Å². The van der Waals surface area contributed by atoms with Gasteiger partial charge in [-0.25, -0.2) is 15.0 Å². The summed E-state index contributed by atoms with van der Waals surface area (Å²) in [7, 11) is 0. The number of hydrogen-bond acceptors (Lipinski definition) is 6. The number of rotatable bonds is 4. The quantitative estimate of drug-likeness (QED) is 0.484. The first-order valence-electron chi connectivity index (χ1n) is 11.2. The summed E-state index contributed by atoms with van der Waals surface area (Å²) in [5.41, 5.74) is 14.7.